The van der Waals surface area contributed by atoms with Crippen molar-refractivity contribution in [1.82, 2.24) is 0 Å². The number of ether oxygens (including phenoxy) is 1. The zero-order chi connectivity index (χ0) is 21.1. The molecule has 0 radical (unpaired) electrons. The molecule has 11 heteroatoms. The van der Waals surface area contributed by atoms with Gasteiger partial charge in [0.15, 0.2) is 29.0 Å². The Labute approximate surface area is 152 Å². The fraction of sp³-hybridized carbons (Fsp3) is 0.0588. The van der Waals surface area contributed by atoms with Crippen molar-refractivity contribution in [3.63, 3.8) is 0 Å². The zero-order valence-corrected chi connectivity index (χ0v) is 13.3. The van der Waals surface area contributed by atoms with E-state index >= 15 is 0 Å². The SMILES string of the molecule is N#CC(C#N)=CNc1ccc(F)c(F)c1Oc1c(F)cc(C(F)(F)F)cc1F. The van der Waals surface area contributed by atoms with Crippen LogP contribution in [-0.2, 0) is 6.18 Å². The lowest BCUT2D eigenvalue weighted by atomic mass is 10.2. The lowest BCUT2D eigenvalue weighted by Gasteiger charge is -2.15. The molecule has 0 heterocycles. The highest BCUT2D eigenvalue weighted by molar-refractivity contribution is 5.61. The van der Waals surface area contributed by atoms with E-state index in [1.165, 1.54) is 12.1 Å². The number of anilines is 1. The Hall–Kier alpha value is -3.73. The van der Waals surface area contributed by atoms with E-state index in [1.807, 2.05) is 0 Å². The van der Waals surface area contributed by atoms with Crippen LogP contribution < -0.4 is 10.1 Å². The van der Waals surface area contributed by atoms with Gasteiger partial charge in [-0.3, -0.25) is 0 Å². The summed E-state index contributed by atoms with van der Waals surface area (Å²) in [5.74, 6) is -9.35. The van der Waals surface area contributed by atoms with Crippen molar-refractivity contribution in [1.29, 1.82) is 10.5 Å². The van der Waals surface area contributed by atoms with Crippen molar-refractivity contribution >= 4 is 5.69 Å². The van der Waals surface area contributed by atoms with Gasteiger partial charge in [-0.05, 0) is 24.3 Å². The number of hydrogen-bond donors (Lipinski definition) is 1. The van der Waals surface area contributed by atoms with Gasteiger partial charge in [-0.15, -0.1) is 0 Å². The smallest absolute Gasteiger partial charge is 0.416 e. The first kappa shape index (κ1) is 20.6. The minimum atomic E-state index is -5.05. The minimum absolute atomic E-state index is 0.0773. The highest BCUT2D eigenvalue weighted by atomic mass is 19.4. The van der Waals surface area contributed by atoms with E-state index in [9.17, 15) is 30.7 Å². The molecule has 0 unspecified atom stereocenters. The van der Waals surface area contributed by atoms with Gasteiger partial charge in [0.25, 0.3) is 0 Å². The second-order valence-electron chi connectivity index (χ2n) is 5.03. The highest BCUT2D eigenvalue weighted by Gasteiger charge is 2.33. The summed E-state index contributed by atoms with van der Waals surface area (Å²) in [5.41, 5.74) is -2.59. The van der Waals surface area contributed by atoms with Gasteiger partial charge in [-0.2, -0.15) is 28.1 Å². The largest absolute Gasteiger partial charge is 0.446 e. The van der Waals surface area contributed by atoms with E-state index in [-0.39, 0.29) is 12.1 Å². The van der Waals surface area contributed by atoms with Crippen molar-refractivity contribution in [2.45, 2.75) is 6.18 Å². The van der Waals surface area contributed by atoms with E-state index in [2.05, 4.69) is 10.1 Å². The average Bonchev–Trinajstić information content (AvgIpc) is 2.62. The lowest BCUT2D eigenvalue weighted by Crippen LogP contribution is -2.08. The third-order valence-electron chi connectivity index (χ3n) is 3.19. The van der Waals surface area contributed by atoms with E-state index in [1.54, 1.807) is 0 Å². The third-order valence-corrected chi connectivity index (χ3v) is 3.19. The number of alkyl halides is 3. The molecular formula is C17H6F7N3O. The number of nitrogens with one attached hydrogen (secondary N) is 1. The fourth-order valence-corrected chi connectivity index (χ4v) is 1.91. The summed E-state index contributed by atoms with van der Waals surface area (Å²) < 4.78 is 97.8. The van der Waals surface area contributed by atoms with Gasteiger partial charge < -0.3 is 10.1 Å². The number of allylic oxidation sites excluding steroid dienone is 1. The molecule has 0 aromatic heterocycles. The van der Waals surface area contributed by atoms with E-state index in [0.29, 0.717) is 6.07 Å². The first-order chi connectivity index (χ1) is 13.1. The van der Waals surface area contributed by atoms with E-state index in [0.717, 1.165) is 12.3 Å². The minimum Gasteiger partial charge on any atom is -0.446 e. The molecule has 0 aliphatic rings. The molecule has 2 rings (SSSR count). The van der Waals surface area contributed by atoms with E-state index in [4.69, 9.17) is 10.5 Å². The van der Waals surface area contributed by atoms with Crippen LogP contribution >= 0.6 is 0 Å². The van der Waals surface area contributed by atoms with Crippen molar-refractivity contribution in [2.75, 3.05) is 5.32 Å². The summed E-state index contributed by atoms with van der Waals surface area (Å²) in [5, 5.41) is 19.5. The Morgan fingerprint density at radius 3 is 2.00 bits per heavy atom. The lowest BCUT2D eigenvalue weighted by molar-refractivity contribution is -0.138. The molecule has 0 amide bonds. The van der Waals surface area contributed by atoms with Gasteiger partial charge in [0.05, 0.1) is 11.3 Å². The monoisotopic (exact) mass is 401 g/mol. The average molecular weight is 401 g/mol. The van der Waals surface area contributed by atoms with Gasteiger partial charge in [0.2, 0.25) is 5.82 Å². The Morgan fingerprint density at radius 1 is 0.929 bits per heavy atom. The number of hydrogen-bond acceptors (Lipinski definition) is 4. The Bertz CT molecular complexity index is 994. The molecule has 0 aliphatic carbocycles. The Balaban J connectivity index is 2.52. The number of rotatable bonds is 4. The van der Waals surface area contributed by atoms with Crippen molar-refractivity contribution < 1.29 is 35.5 Å². The standard InChI is InChI=1S/C17H6F7N3O/c18-10-1-2-13(27-7-8(5-25)6-26)16(14(10)21)28-15-11(19)3-9(4-12(15)20)17(22,23)24/h1-4,7,27H. The first-order valence-corrected chi connectivity index (χ1v) is 7.07. The van der Waals surface area contributed by atoms with Crippen molar-refractivity contribution in [2.24, 2.45) is 0 Å². The summed E-state index contributed by atoms with van der Waals surface area (Å²) in [6.07, 6.45) is -4.27. The van der Waals surface area contributed by atoms with Crippen LogP contribution in [0, 0.1) is 45.9 Å². The topological polar surface area (TPSA) is 68.8 Å². The molecule has 0 bridgehead atoms. The molecule has 28 heavy (non-hydrogen) atoms. The van der Waals surface area contributed by atoms with Gasteiger partial charge in [-0.25, -0.2) is 13.2 Å². The Morgan fingerprint density at radius 2 is 1.50 bits per heavy atom. The van der Waals surface area contributed by atoms with Crippen LogP contribution in [0.25, 0.3) is 0 Å². The molecule has 4 nitrogen and oxygen atoms in total. The predicted molar refractivity (Wildman–Crippen MR) is 80.7 cm³/mol. The normalized spacial score (nSPS) is 10.6. The number of halogens is 7. The molecule has 0 atom stereocenters. The maximum absolute atomic E-state index is 14.1. The van der Waals surface area contributed by atoms with Crippen LogP contribution in [-0.4, -0.2) is 0 Å². The second kappa shape index (κ2) is 7.88. The van der Waals surface area contributed by atoms with Gasteiger partial charge in [0.1, 0.15) is 17.7 Å². The zero-order valence-electron chi connectivity index (χ0n) is 13.3. The van der Waals surface area contributed by atoms with Crippen LogP contribution in [0.4, 0.5) is 36.4 Å². The maximum Gasteiger partial charge on any atom is 0.416 e. The van der Waals surface area contributed by atoms with E-state index < -0.39 is 57.8 Å². The maximum atomic E-state index is 14.1. The second-order valence-corrected chi connectivity index (χ2v) is 5.03. The van der Waals surface area contributed by atoms with Gasteiger partial charge in [0, 0.05) is 6.20 Å². The molecular weight excluding hydrogens is 395 g/mol. The van der Waals surface area contributed by atoms with Gasteiger partial charge in [-0.1, -0.05) is 0 Å². The third kappa shape index (κ3) is 4.32. The number of benzene rings is 2. The number of nitriles is 2. The van der Waals surface area contributed by atoms with Gasteiger partial charge >= 0.3 is 6.18 Å². The summed E-state index contributed by atoms with van der Waals surface area (Å²) in [7, 11) is 0. The molecule has 2 aromatic rings. The molecule has 0 saturated heterocycles. The molecule has 144 valence electrons. The summed E-state index contributed by atoms with van der Waals surface area (Å²) in [6, 6.07) is 4.23. The molecule has 2 aromatic carbocycles. The molecule has 0 saturated carbocycles. The molecule has 0 spiro atoms. The summed E-state index contributed by atoms with van der Waals surface area (Å²) in [6.45, 7) is 0. The van der Waals surface area contributed by atoms with Crippen LogP contribution in [0.3, 0.4) is 0 Å². The molecule has 0 fully saturated rings. The fourth-order valence-electron chi connectivity index (χ4n) is 1.91. The number of nitrogens with zero attached hydrogens (tertiary/aromatic N) is 2. The summed E-state index contributed by atoms with van der Waals surface area (Å²) in [4.78, 5) is 0. The van der Waals surface area contributed by atoms with Crippen molar-refractivity contribution in [3.8, 4) is 23.6 Å². The quantitative estimate of drug-likeness (QED) is 0.551. The van der Waals surface area contributed by atoms with Crippen LogP contribution in [0.2, 0.25) is 0 Å². The van der Waals surface area contributed by atoms with Crippen LogP contribution in [0.1, 0.15) is 5.56 Å². The van der Waals surface area contributed by atoms with Crippen LogP contribution in [0.15, 0.2) is 36.0 Å². The highest BCUT2D eigenvalue weighted by Crippen LogP contribution is 2.39. The molecule has 1 N–H and O–H groups in total. The first-order valence-electron chi connectivity index (χ1n) is 7.07. The Kier molecular flexibility index (Phi) is 5.79. The van der Waals surface area contributed by atoms with Crippen molar-refractivity contribution in [3.05, 3.63) is 64.9 Å². The predicted octanol–water partition coefficient (Wildman–Crippen LogP) is 5.40. The summed E-state index contributed by atoms with van der Waals surface area (Å²) >= 11 is 0. The van der Waals surface area contributed by atoms with Crippen LogP contribution in [0.5, 0.6) is 11.5 Å². The molecule has 0 aliphatic heterocycles.